The zero-order valence-electron chi connectivity index (χ0n) is 11.6. The van der Waals surface area contributed by atoms with Crippen molar-refractivity contribution in [3.05, 3.63) is 35.5 Å². The maximum atomic E-state index is 9.28. The lowest BCUT2D eigenvalue weighted by molar-refractivity contribution is 0.395. The van der Waals surface area contributed by atoms with Crippen LogP contribution in [0.2, 0.25) is 0 Å². The molecule has 0 fully saturated rings. The van der Waals surface area contributed by atoms with Gasteiger partial charge < -0.3 is 15.2 Å². The van der Waals surface area contributed by atoms with Crippen molar-refractivity contribution in [1.82, 2.24) is 4.98 Å². The number of hydrogen-bond acceptors (Lipinski definition) is 5. The number of benzene rings is 1. The predicted molar refractivity (Wildman–Crippen MR) is 76.6 cm³/mol. The Hall–Kier alpha value is -2.74. The molecule has 0 saturated heterocycles. The number of nitriles is 1. The van der Waals surface area contributed by atoms with E-state index < -0.39 is 0 Å². The number of anilines is 1. The van der Waals surface area contributed by atoms with Crippen molar-refractivity contribution >= 4 is 5.82 Å². The van der Waals surface area contributed by atoms with Gasteiger partial charge in [-0.1, -0.05) is 0 Å². The number of hydrogen-bond donors (Lipinski definition) is 1. The summed E-state index contributed by atoms with van der Waals surface area (Å²) in [7, 11) is 3.16. The van der Waals surface area contributed by atoms with Gasteiger partial charge in [-0.25, -0.2) is 4.98 Å². The van der Waals surface area contributed by atoms with E-state index in [-0.39, 0.29) is 5.82 Å². The van der Waals surface area contributed by atoms with Crippen LogP contribution in [-0.4, -0.2) is 19.2 Å². The standard InChI is InChI=1S/C15H15N3O2/c1-9-6-12(13(8-16)15(17)18-9)11-5-4-10(19-2)7-14(11)20-3/h4-7H,1-3H3,(H2,17,18). The first kappa shape index (κ1) is 13.7. The quantitative estimate of drug-likeness (QED) is 0.926. The van der Waals surface area contributed by atoms with Gasteiger partial charge >= 0.3 is 0 Å². The molecule has 2 rings (SSSR count). The second-order valence-electron chi connectivity index (χ2n) is 4.25. The number of aromatic nitrogens is 1. The second-order valence-corrected chi connectivity index (χ2v) is 4.25. The van der Waals surface area contributed by atoms with E-state index in [1.165, 1.54) is 0 Å². The Morgan fingerprint density at radius 1 is 1.15 bits per heavy atom. The van der Waals surface area contributed by atoms with E-state index in [4.69, 9.17) is 15.2 Å². The molecular formula is C15H15N3O2. The van der Waals surface area contributed by atoms with Gasteiger partial charge in [0.15, 0.2) is 0 Å². The number of nitrogen functional groups attached to an aromatic ring is 1. The van der Waals surface area contributed by atoms with Crippen molar-refractivity contribution in [3.8, 4) is 28.7 Å². The minimum absolute atomic E-state index is 0.223. The van der Waals surface area contributed by atoms with E-state index in [1.807, 2.05) is 25.1 Å². The summed E-state index contributed by atoms with van der Waals surface area (Å²) in [4.78, 5) is 4.11. The van der Waals surface area contributed by atoms with E-state index >= 15 is 0 Å². The fourth-order valence-corrected chi connectivity index (χ4v) is 2.05. The van der Waals surface area contributed by atoms with Crippen molar-refractivity contribution in [3.63, 3.8) is 0 Å². The number of pyridine rings is 1. The summed E-state index contributed by atoms with van der Waals surface area (Å²) in [5.74, 6) is 1.52. The summed E-state index contributed by atoms with van der Waals surface area (Å²) in [5, 5.41) is 9.28. The van der Waals surface area contributed by atoms with Crippen LogP contribution in [0.25, 0.3) is 11.1 Å². The molecule has 0 bridgehead atoms. The van der Waals surface area contributed by atoms with Crippen LogP contribution in [0, 0.1) is 18.3 Å². The largest absolute Gasteiger partial charge is 0.497 e. The van der Waals surface area contributed by atoms with Gasteiger partial charge in [-0.2, -0.15) is 5.26 Å². The molecule has 0 aliphatic rings. The zero-order valence-corrected chi connectivity index (χ0v) is 11.6. The highest BCUT2D eigenvalue weighted by molar-refractivity contribution is 5.80. The molecule has 5 heteroatoms. The monoisotopic (exact) mass is 269 g/mol. The summed E-state index contributed by atoms with van der Waals surface area (Å²) in [6.45, 7) is 1.83. The number of nitrogens with zero attached hydrogens (tertiary/aromatic N) is 2. The van der Waals surface area contributed by atoms with Crippen molar-refractivity contribution < 1.29 is 9.47 Å². The van der Waals surface area contributed by atoms with Gasteiger partial charge in [0.1, 0.15) is 28.9 Å². The molecular weight excluding hydrogens is 254 g/mol. The Bertz CT molecular complexity index is 690. The summed E-state index contributed by atoms with van der Waals surface area (Å²) in [6, 6.07) is 9.33. The predicted octanol–water partition coefficient (Wildman–Crippen LogP) is 2.53. The average molecular weight is 269 g/mol. The third-order valence-corrected chi connectivity index (χ3v) is 2.99. The Morgan fingerprint density at radius 3 is 2.50 bits per heavy atom. The highest BCUT2D eigenvalue weighted by Gasteiger charge is 2.15. The van der Waals surface area contributed by atoms with E-state index in [2.05, 4.69) is 11.1 Å². The molecule has 1 aromatic heterocycles. The average Bonchev–Trinajstić information content (AvgIpc) is 2.45. The minimum atomic E-state index is 0.223. The van der Waals surface area contributed by atoms with Crippen molar-refractivity contribution in [1.29, 1.82) is 5.26 Å². The van der Waals surface area contributed by atoms with Crippen LogP contribution >= 0.6 is 0 Å². The number of ether oxygens (including phenoxy) is 2. The molecule has 0 spiro atoms. The lowest BCUT2D eigenvalue weighted by Gasteiger charge is -2.13. The van der Waals surface area contributed by atoms with Crippen LogP contribution in [-0.2, 0) is 0 Å². The van der Waals surface area contributed by atoms with Crippen LogP contribution < -0.4 is 15.2 Å². The van der Waals surface area contributed by atoms with Gasteiger partial charge in [0.25, 0.3) is 0 Å². The van der Waals surface area contributed by atoms with Gasteiger partial charge in [0.2, 0.25) is 0 Å². The summed E-state index contributed by atoms with van der Waals surface area (Å²) in [6.07, 6.45) is 0. The molecule has 5 nitrogen and oxygen atoms in total. The SMILES string of the molecule is COc1ccc(-c2cc(C)nc(N)c2C#N)c(OC)c1. The molecule has 2 N–H and O–H groups in total. The first-order chi connectivity index (χ1) is 9.60. The molecule has 102 valence electrons. The van der Waals surface area contributed by atoms with E-state index in [0.29, 0.717) is 22.6 Å². The first-order valence-electron chi connectivity index (χ1n) is 6.00. The number of methoxy groups -OCH3 is 2. The van der Waals surface area contributed by atoms with Gasteiger partial charge in [0, 0.05) is 22.9 Å². The third kappa shape index (κ3) is 2.36. The minimum Gasteiger partial charge on any atom is -0.497 e. The second kappa shape index (κ2) is 5.49. The summed E-state index contributed by atoms with van der Waals surface area (Å²) in [5.41, 5.74) is 8.39. The van der Waals surface area contributed by atoms with Crippen LogP contribution in [0.4, 0.5) is 5.82 Å². The van der Waals surface area contributed by atoms with Crippen LogP contribution in [0.15, 0.2) is 24.3 Å². The Kier molecular flexibility index (Phi) is 3.76. The molecule has 1 heterocycles. The Labute approximate surface area is 117 Å². The van der Waals surface area contributed by atoms with Crippen molar-refractivity contribution in [2.75, 3.05) is 20.0 Å². The van der Waals surface area contributed by atoms with Crippen LogP contribution in [0.3, 0.4) is 0 Å². The van der Waals surface area contributed by atoms with Crippen LogP contribution in [0.5, 0.6) is 11.5 Å². The Balaban J connectivity index is 2.71. The van der Waals surface area contributed by atoms with Crippen LogP contribution in [0.1, 0.15) is 11.3 Å². The number of nitrogens with two attached hydrogens (primary N) is 1. The fraction of sp³-hybridized carbons (Fsp3) is 0.200. The highest BCUT2D eigenvalue weighted by atomic mass is 16.5. The van der Waals surface area contributed by atoms with Gasteiger partial charge in [-0.3, -0.25) is 0 Å². The van der Waals surface area contributed by atoms with E-state index in [0.717, 1.165) is 11.3 Å². The van der Waals surface area contributed by atoms with Crippen molar-refractivity contribution in [2.45, 2.75) is 6.92 Å². The molecule has 0 aliphatic carbocycles. The molecule has 20 heavy (non-hydrogen) atoms. The summed E-state index contributed by atoms with van der Waals surface area (Å²) < 4.78 is 10.5. The zero-order chi connectivity index (χ0) is 14.7. The van der Waals surface area contributed by atoms with Gasteiger partial charge in [-0.05, 0) is 25.1 Å². The summed E-state index contributed by atoms with van der Waals surface area (Å²) >= 11 is 0. The third-order valence-electron chi connectivity index (χ3n) is 2.99. The number of aryl methyl sites for hydroxylation is 1. The topological polar surface area (TPSA) is 81.2 Å². The lowest BCUT2D eigenvalue weighted by Crippen LogP contribution is -2.00. The molecule has 0 amide bonds. The molecule has 1 aromatic carbocycles. The lowest BCUT2D eigenvalue weighted by atomic mass is 9.99. The molecule has 0 unspecified atom stereocenters. The first-order valence-corrected chi connectivity index (χ1v) is 6.00. The molecule has 0 atom stereocenters. The molecule has 0 saturated carbocycles. The number of rotatable bonds is 3. The highest BCUT2D eigenvalue weighted by Crippen LogP contribution is 2.36. The molecule has 0 aliphatic heterocycles. The fourth-order valence-electron chi connectivity index (χ4n) is 2.05. The van der Waals surface area contributed by atoms with E-state index in [9.17, 15) is 5.26 Å². The van der Waals surface area contributed by atoms with Gasteiger partial charge in [-0.15, -0.1) is 0 Å². The molecule has 2 aromatic rings. The normalized spacial score (nSPS) is 9.90. The Morgan fingerprint density at radius 2 is 1.90 bits per heavy atom. The van der Waals surface area contributed by atoms with E-state index in [1.54, 1.807) is 20.3 Å². The van der Waals surface area contributed by atoms with Gasteiger partial charge in [0.05, 0.1) is 14.2 Å². The maximum absolute atomic E-state index is 9.28. The maximum Gasteiger partial charge on any atom is 0.142 e. The van der Waals surface area contributed by atoms with Crippen molar-refractivity contribution in [2.24, 2.45) is 0 Å². The molecule has 0 radical (unpaired) electrons. The smallest absolute Gasteiger partial charge is 0.142 e.